The number of benzene rings is 3. The molecule has 0 saturated carbocycles. The van der Waals surface area contributed by atoms with Gasteiger partial charge in [-0.1, -0.05) is 30.0 Å². The maximum absolute atomic E-state index is 12.7. The highest BCUT2D eigenvalue weighted by Gasteiger charge is 2.14. The zero-order valence-corrected chi connectivity index (χ0v) is 17.8. The van der Waals surface area contributed by atoms with Crippen molar-refractivity contribution in [2.75, 3.05) is 43.7 Å². The van der Waals surface area contributed by atoms with Gasteiger partial charge in [-0.15, -0.1) is 0 Å². The monoisotopic (exact) mass is 417 g/mol. The summed E-state index contributed by atoms with van der Waals surface area (Å²) in [5.74, 6) is -0.0269. The molecule has 3 aromatic rings. The Labute approximate surface area is 182 Å². The van der Waals surface area contributed by atoms with Crippen molar-refractivity contribution >= 4 is 28.4 Å². The van der Waals surface area contributed by atoms with E-state index in [2.05, 4.69) is 20.6 Å². The summed E-state index contributed by atoms with van der Waals surface area (Å²) in [4.78, 5) is 2.18. The number of nitrogens with zero attached hydrogens (tertiary/aromatic N) is 3. The van der Waals surface area contributed by atoms with Crippen LogP contribution in [0.1, 0.15) is 5.56 Å². The summed E-state index contributed by atoms with van der Waals surface area (Å²) < 4.78 is 5.39. The maximum Gasteiger partial charge on any atom is 0.160 e. The quantitative estimate of drug-likeness (QED) is 0.475. The minimum absolute atomic E-state index is 0.0269. The van der Waals surface area contributed by atoms with Gasteiger partial charge in [0, 0.05) is 30.4 Å². The van der Waals surface area contributed by atoms with Gasteiger partial charge in [-0.2, -0.15) is 10.2 Å². The molecule has 1 heterocycles. The number of morpholine rings is 1. The Balaban J connectivity index is 1.49. The third-order valence-electron chi connectivity index (χ3n) is 5.33. The van der Waals surface area contributed by atoms with Crippen molar-refractivity contribution in [3.63, 3.8) is 0 Å². The van der Waals surface area contributed by atoms with Crippen molar-refractivity contribution in [3.05, 3.63) is 72.3 Å². The molecule has 4 rings (SSSR count). The number of rotatable bonds is 6. The second-order valence-electron chi connectivity index (χ2n) is 7.56. The van der Waals surface area contributed by atoms with E-state index in [0.29, 0.717) is 18.9 Å². The molecule has 0 bridgehead atoms. The van der Waals surface area contributed by atoms with Crippen LogP contribution in [0.2, 0.25) is 0 Å². The minimum Gasteiger partial charge on any atom is -0.871 e. The Hall–Kier alpha value is -3.42. The summed E-state index contributed by atoms with van der Waals surface area (Å²) in [6.07, 6.45) is 0. The fourth-order valence-electron chi connectivity index (χ4n) is 3.59. The van der Waals surface area contributed by atoms with Crippen LogP contribution in [0.25, 0.3) is 0 Å². The van der Waals surface area contributed by atoms with Gasteiger partial charge in [-0.25, -0.2) is 10.4 Å². The molecule has 7 heteroatoms. The third kappa shape index (κ3) is 5.20. The first-order valence-electron chi connectivity index (χ1n) is 10.4. The summed E-state index contributed by atoms with van der Waals surface area (Å²) in [5, 5.41) is 22.2. The molecule has 160 valence electrons. The van der Waals surface area contributed by atoms with Crippen LogP contribution in [-0.4, -0.2) is 33.4 Å². The summed E-state index contributed by atoms with van der Waals surface area (Å²) in [5.41, 5.74) is 8.45. The van der Waals surface area contributed by atoms with Gasteiger partial charge in [-0.3, -0.25) is 0 Å². The average Bonchev–Trinajstić information content (AvgIpc) is 2.81. The number of aryl methyl sites for hydroxylation is 1. The summed E-state index contributed by atoms with van der Waals surface area (Å²) >= 11 is 0. The Bertz CT molecular complexity index is 1050. The molecule has 31 heavy (non-hydrogen) atoms. The number of quaternary nitrogens is 1. The second kappa shape index (κ2) is 9.59. The first kappa shape index (κ1) is 20.8. The minimum atomic E-state index is -0.0269. The fourth-order valence-corrected chi connectivity index (χ4v) is 3.59. The molecule has 1 fully saturated rings. The second-order valence-corrected chi connectivity index (χ2v) is 7.56. The third-order valence-corrected chi connectivity index (χ3v) is 5.33. The molecule has 0 spiro atoms. The van der Waals surface area contributed by atoms with Crippen molar-refractivity contribution in [3.8, 4) is 5.75 Å². The van der Waals surface area contributed by atoms with E-state index in [1.54, 1.807) is 6.07 Å². The standard InChI is InChI=1S/C24H27N5O2/c1-18-8-9-20(26-25-19-6-4-3-5-7-19)16-23(18)28(2)27-22-11-10-21(17-24(22)30)29-12-14-31-15-13-29/h3-11,16-17,27,30H,12-15H2,1-2H3. The lowest BCUT2D eigenvalue weighted by Gasteiger charge is -2.30. The van der Waals surface area contributed by atoms with Crippen LogP contribution < -0.4 is 20.4 Å². The molecular formula is C24H27N5O2. The topological polar surface area (TPSA) is 76.7 Å². The molecular weight excluding hydrogens is 390 g/mol. The van der Waals surface area contributed by atoms with E-state index >= 15 is 0 Å². The molecule has 1 atom stereocenters. The maximum atomic E-state index is 12.7. The largest absolute Gasteiger partial charge is 0.871 e. The first-order chi connectivity index (χ1) is 15.1. The van der Waals surface area contributed by atoms with E-state index in [-0.39, 0.29) is 5.75 Å². The Kier molecular flexibility index (Phi) is 6.45. The van der Waals surface area contributed by atoms with Crippen LogP contribution in [0, 0.1) is 6.92 Å². The molecule has 1 saturated heterocycles. The SMILES string of the molecule is Cc1ccc(N=Nc2ccccc2)cc1[NH+](C)Nc1ccc(N2CCOCC2)cc1[O-]. The molecule has 7 nitrogen and oxygen atoms in total. The average molecular weight is 418 g/mol. The highest BCUT2D eigenvalue weighted by atomic mass is 16.5. The van der Waals surface area contributed by atoms with Gasteiger partial charge >= 0.3 is 0 Å². The smallest absolute Gasteiger partial charge is 0.160 e. The lowest BCUT2D eigenvalue weighted by Crippen LogP contribution is -3.07. The Morgan fingerprint density at radius 3 is 2.42 bits per heavy atom. The van der Waals surface area contributed by atoms with E-state index < -0.39 is 0 Å². The summed E-state index contributed by atoms with van der Waals surface area (Å²) in [6, 6.07) is 21.1. The lowest BCUT2D eigenvalue weighted by molar-refractivity contribution is -0.785. The Morgan fingerprint density at radius 2 is 1.68 bits per heavy atom. The highest BCUT2D eigenvalue weighted by Crippen LogP contribution is 2.27. The molecule has 2 N–H and O–H groups in total. The normalized spacial score (nSPS) is 15.2. The van der Waals surface area contributed by atoms with E-state index in [1.165, 1.54) is 0 Å². The van der Waals surface area contributed by atoms with E-state index in [9.17, 15) is 5.11 Å². The number of hydrogen-bond acceptors (Lipinski definition) is 6. The molecule has 3 aromatic carbocycles. The zero-order valence-electron chi connectivity index (χ0n) is 17.8. The van der Waals surface area contributed by atoms with Gasteiger partial charge in [0.05, 0.1) is 37.3 Å². The first-order valence-corrected chi connectivity index (χ1v) is 10.4. The summed E-state index contributed by atoms with van der Waals surface area (Å²) in [7, 11) is 1.97. The highest BCUT2D eigenvalue weighted by molar-refractivity contribution is 5.63. The fraction of sp³-hybridized carbons (Fsp3) is 0.250. The van der Waals surface area contributed by atoms with Crippen molar-refractivity contribution in [1.29, 1.82) is 0 Å². The van der Waals surface area contributed by atoms with Crippen LogP contribution in [0.4, 0.5) is 28.4 Å². The van der Waals surface area contributed by atoms with E-state index in [4.69, 9.17) is 4.74 Å². The number of azo groups is 1. The number of hydrogen-bond donors (Lipinski definition) is 2. The molecule has 1 aliphatic heterocycles. The van der Waals surface area contributed by atoms with Crippen molar-refractivity contribution < 1.29 is 14.9 Å². The lowest BCUT2D eigenvalue weighted by atomic mass is 10.2. The van der Waals surface area contributed by atoms with Crippen LogP contribution in [0.3, 0.4) is 0 Å². The van der Waals surface area contributed by atoms with Crippen LogP contribution in [0.5, 0.6) is 5.75 Å². The molecule has 0 amide bonds. The van der Waals surface area contributed by atoms with Gasteiger partial charge in [0.15, 0.2) is 5.69 Å². The van der Waals surface area contributed by atoms with Gasteiger partial charge in [0.25, 0.3) is 0 Å². The van der Waals surface area contributed by atoms with Gasteiger partial charge in [0.1, 0.15) is 0 Å². The summed E-state index contributed by atoms with van der Waals surface area (Å²) in [6.45, 7) is 5.04. The molecule has 0 aliphatic carbocycles. The Morgan fingerprint density at radius 1 is 0.935 bits per heavy atom. The van der Waals surface area contributed by atoms with Crippen molar-refractivity contribution in [2.45, 2.75) is 6.92 Å². The van der Waals surface area contributed by atoms with Crippen LogP contribution >= 0.6 is 0 Å². The van der Waals surface area contributed by atoms with Crippen LogP contribution in [-0.2, 0) is 4.74 Å². The molecule has 0 radical (unpaired) electrons. The van der Waals surface area contributed by atoms with Crippen molar-refractivity contribution in [2.24, 2.45) is 10.2 Å². The van der Waals surface area contributed by atoms with Gasteiger partial charge in [0.2, 0.25) is 0 Å². The predicted molar refractivity (Wildman–Crippen MR) is 121 cm³/mol. The number of ether oxygens (including phenoxy) is 1. The van der Waals surface area contributed by atoms with E-state index in [0.717, 1.165) is 46.4 Å². The van der Waals surface area contributed by atoms with Crippen molar-refractivity contribution in [1.82, 2.24) is 0 Å². The van der Waals surface area contributed by atoms with Crippen LogP contribution in [0.15, 0.2) is 77.0 Å². The molecule has 0 aromatic heterocycles. The molecule has 1 unspecified atom stereocenters. The molecule has 1 aliphatic rings. The van der Waals surface area contributed by atoms with E-state index in [1.807, 2.05) is 74.6 Å². The number of nitrogens with one attached hydrogen (secondary N) is 2. The van der Waals surface area contributed by atoms with Gasteiger partial charge < -0.3 is 14.7 Å². The predicted octanol–water partition coefficient (Wildman–Crippen LogP) is 3.49. The zero-order chi connectivity index (χ0) is 21.6. The number of anilines is 2. The van der Waals surface area contributed by atoms with Gasteiger partial charge in [-0.05, 0) is 43.3 Å².